The number of hydrogen-bond donors (Lipinski definition) is 0. The average Bonchev–Trinajstić information content (AvgIpc) is 3.28. The van der Waals surface area contributed by atoms with Crippen LogP contribution < -0.4 is 4.74 Å². The summed E-state index contributed by atoms with van der Waals surface area (Å²) in [6.45, 7) is 0.0567. The number of para-hydroxylation sites is 2. The van der Waals surface area contributed by atoms with Crippen LogP contribution in [0.3, 0.4) is 0 Å². The van der Waals surface area contributed by atoms with Crippen molar-refractivity contribution in [2.75, 3.05) is 0 Å². The van der Waals surface area contributed by atoms with Crippen LogP contribution in [0.25, 0.3) is 22.4 Å². The lowest BCUT2D eigenvalue weighted by Gasteiger charge is -2.42. The predicted octanol–water partition coefficient (Wildman–Crippen LogP) is 7.43. The molecule has 2 aliphatic rings. The Morgan fingerprint density at radius 1 is 0.947 bits per heavy atom. The van der Waals surface area contributed by atoms with Crippen molar-refractivity contribution in [3.05, 3.63) is 48.5 Å². The molecule has 3 aromatic rings. The summed E-state index contributed by atoms with van der Waals surface area (Å²) in [7, 11) is 0. The van der Waals surface area contributed by atoms with Gasteiger partial charge in [0, 0.05) is 17.6 Å². The topological polar surface area (TPSA) is 47.4 Å². The second kappa shape index (κ2) is 11.3. The maximum absolute atomic E-state index is 14.0. The third-order valence-corrected chi connectivity index (χ3v) is 7.77. The monoisotopic (exact) mass is 531 g/mol. The van der Waals surface area contributed by atoms with E-state index in [9.17, 15) is 22.4 Å². The van der Waals surface area contributed by atoms with Gasteiger partial charge in [-0.25, -0.2) is 4.98 Å². The van der Waals surface area contributed by atoms with Crippen molar-refractivity contribution in [1.29, 1.82) is 0 Å². The molecule has 2 fully saturated rings. The number of carbonyl (C=O) groups is 1. The van der Waals surface area contributed by atoms with Gasteiger partial charge < -0.3 is 14.2 Å². The lowest BCUT2D eigenvalue weighted by Crippen LogP contribution is -2.50. The van der Waals surface area contributed by atoms with E-state index in [0.717, 1.165) is 56.9 Å². The number of halogens is 4. The van der Waals surface area contributed by atoms with E-state index in [4.69, 9.17) is 4.98 Å². The Balaban J connectivity index is 1.49. The number of aromatic nitrogens is 2. The van der Waals surface area contributed by atoms with Crippen LogP contribution in [-0.2, 0) is 11.3 Å². The summed E-state index contributed by atoms with van der Waals surface area (Å²) in [5.41, 5.74) is 1.80. The molecule has 9 heteroatoms. The molecule has 0 radical (unpaired) electrons. The van der Waals surface area contributed by atoms with Crippen LogP contribution in [0.5, 0.6) is 5.75 Å². The molecule has 0 unspecified atom stereocenters. The molecule has 38 heavy (non-hydrogen) atoms. The van der Waals surface area contributed by atoms with Gasteiger partial charge in [0.2, 0.25) is 5.91 Å². The third kappa shape index (κ3) is 5.66. The molecule has 204 valence electrons. The number of carbonyl (C=O) groups excluding carboxylic acids is 1. The van der Waals surface area contributed by atoms with E-state index in [1.807, 2.05) is 24.3 Å². The van der Waals surface area contributed by atoms with Gasteiger partial charge >= 0.3 is 12.5 Å². The average molecular weight is 532 g/mol. The lowest BCUT2D eigenvalue weighted by molar-refractivity contribution is -0.253. The molecule has 0 bridgehead atoms. The molecule has 0 aliphatic heterocycles. The highest BCUT2D eigenvalue weighted by Gasteiger charge is 2.44. The fourth-order valence-electron chi connectivity index (χ4n) is 6.00. The molecular weight excluding hydrogens is 498 g/mol. The first kappa shape index (κ1) is 26.5. The van der Waals surface area contributed by atoms with Crippen molar-refractivity contribution >= 4 is 16.9 Å². The second-order valence-corrected chi connectivity index (χ2v) is 10.4. The van der Waals surface area contributed by atoms with E-state index in [-0.39, 0.29) is 24.5 Å². The number of hydrogen-bond acceptors (Lipinski definition) is 3. The SMILES string of the molecule is O=C(Cn1c(-c2cccc(OC(F)(F)C(F)F)c2)nc2ccccc21)N(C1CCCCC1)C1CCCCC1. The fraction of sp³-hybridized carbons (Fsp3) is 0.517. The summed E-state index contributed by atoms with van der Waals surface area (Å²) >= 11 is 0. The molecule has 2 aromatic carbocycles. The first-order valence-electron chi connectivity index (χ1n) is 13.6. The van der Waals surface area contributed by atoms with Gasteiger partial charge in [-0.3, -0.25) is 4.79 Å². The van der Waals surface area contributed by atoms with Crippen molar-refractivity contribution in [3.8, 4) is 17.1 Å². The highest BCUT2D eigenvalue weighted by molar-refractivity contribution is 5.85. The van der Waals surface area contributed by atoms with E-state index < -0.39 is 18.3 Å². The van der Waals surface area contributed by atoms with Crippen molar-refractivity contribution in [2.24, 2.45) is 0 Å². The van der Waals surface area contributed by atoms with Crippen molar-refractivity contribution in [2.45, 2.75) is 95.4 Å². The molecule has 0 saturated heterocycles. The van der Waals surface area contributed by atoms with E-state index in [1.165, 1.54) is 31.0 Å². The summed E-state index contributed by atoms with van der Waals surface area (Å²) in [6.07, 6.45) is 2.35. The Morgan fingerprint density at radius 2 is 1.58 bits per heavy atom. The minimum Gasteiger partial charge on any atom is -0.428 e. The highest BCUT2D eigenvalue weighted by Crippen LogP contribution is 2.34. The minimum atomic E-state index is -4.62. The van der Waals surface area contributed by atoms with Gasteiger partial charge in [0.1, 0.15) is 18.1 Å². The Hall–Kier alpha value is -3.10. The lowest BCUT2D eigenvalue weighted by atomic mass is 9.88. The first-order valence-corrected chi connectivity index (χ1v) is 13.6. The molecular formula is C29H33F4N3O2. The zero-order valence-corrected chi connectivity index (χ0v) is 21.3. The number of amides is 1. The largest absolute Gasteiger partial charge is 0.461 e. The van der Waals surface area contributed by atoms with Gasteiger partial charge in [0.15, 0.2) is 0 Å². The molecule has 5 nitrogen and oxygen atoms in total. The van der Waals surface area contributed by atoms with Crippen LogP contribution in [0.1, 0.15) is 64.2 Å². The number of benzene rings is 2. The van der Waals surface area contributed by atoms with Crippen LogP contribution in [0, 0.1) is 0 Å². The molecule has 2 aliphatic carbocycles. The summed E-state index contributed by atoms with van der Waals surface area (Å²) in [5, 5.41) is 0. The number of alkyl halides is 4. The maximum Gasteiger partial charge on any atom is 0.461 e. The fourth-order valence-corrected chi connectivity index (χ4v) is 6.00. The molecule has 0 atom stereocenters. The van der Waals surface area contributed by atoms with Crippen LogP contribution in [-0.4, -0.2) is 45.0 Å². The first-order chi connectivity index (χ1) is 18.3. The molecule has 5 rings (SSSR count). The zero-order valence-electron chi connectivity index (χ0n) is 21.3. The van der Waals surface area contributed by atoms with Crippen LogP contribution in [0.15, 0.2) is 48.5 Å². The van der Waals surface area contributed by atoms with Gasteiger partial charge in [-0.05, 0) is 49.9 Å². The van der Waals surface area contributed by atoms with Crippen LogP contribution >= 0.6 is 0 Å². The number of rotatable bonds is 8. The maximum atomic E-state index is 14.0. The summed E-state index contributed by atoms with van der Waals surface area (Å²) < 4.78 is 58.7. The zero-order chi connectivity index (χ0) is 26.7. The normalized spacial score (nSPS) is 17.7. The van der Waals surface area contributed by atoms with Gasteiger partial charge in [-0.15, -0.1) is 0 Å². The Morgan fingerprint density at radius 3 is 2.21 bits per heavy atom. The number of fused-ring (bicyclic) bond motifs is 1. The minimum absolute atomic E-state index is 0.0323. The Kier molecular flexibility index (Phi) is 7.91. The highest BCUT2D eigenvalue weighted by atomic mass is 19.3. The molecule has 1 heterocycles. The standard InChI is InChI=1S/C29H33F4N3O2/c30-28(31)29(32,33)38-23-15-9-10-20(18-23)27-34-24-16-7-8-17-25(24)35(27)19-26(37)36(21-11-3-1-4-12-21)22-13-5-2-6-14-22/h7-10,15-18,21-22,28H,1-6,11-14,19H2. The van der Waals surface area contributed by atoms with Crippen LogP contribution in [0.2, 0.25) is 0 Å². The molecule has 1 aromatic heterocycles. The molecule has 0 spiro atoms. The van der Waals surface area contributed by atoms with E-state index in [0.29, 0.717) is 16.9 Å². The second-order valence-electron chi connectivity index (χ2n) is 10.4. The molecule has 1 amide bonds. The predicted molar refractivity (Wildman–Crippen MR) is 137 cm³/mol. The molecule has 2 saturated carbocycles. The summed E-state index contributed by atoms with van der Waals surface area (Å²) in [4.78, 5) is 20.9. The van der Waals surface area contributed by atoms with Crippen molar-refractivity contribution < 1.29 is 27.1 Å². The summed E-state index contributed by atoms with van der Waals surface area (Å²) in [6, 6.07) is 13.4. The van der Waals surface area contributed by atoms with E-state index in [1.54, 1.807) is 10.6 Å². The van der Waals surface area contributed by atoms with Gasteiger partial charge in [0.05, 0.1) is 11.0 Å². The van der Waals surface area contributed by atoms with Crippen LogP contribution in [0.4, 0.5) is 17.6 Å². The quantitative estimate of drug-likeness (QED) is 0.284. The van der Waals surface area contributed by atoms with Crippen molar-refractivity contribution in [1.82, 2.24) is 14.5 Å². The van der Waals surface area contributed by atoms with Gasteiger partial charge in [-0.1, -0.05) is 62.8 Å². The van der Waals surface area contributed by atoms with Crippen molar-refractivity contribution in [3.63, 3.8) is 0 Å². The van der Waals surface area contributed by atoms with Gasteiger partial charge in [0.25, 0.3) is 0 Å². The Bertz CT molecular complexity index is 1230. The summed E-state index contributed by atoms with van der Waals surface area (Å²) in [5.74, 6) is 0.0335. The number of nitrogens with zero attached hydrogens (tertiary/aromatic N) is 3. The number of imidazole rings is 1. The Labute approximate surface area is 219 Å². The molecule has 0 N–H and O–H groups in total. The number of ether oxygens (including phenoxy) is 1. The third-order valence-electron chi connectivity index (χ3n) is 7.77. The van der Waals surface area contributed by atoms with Gasteiger partial charge in [-0.2, -0.15) is 17.6 Å². The van der Waals surface area contributed by atoms with E-state index in [2.05, 4.69) is 9.64 Å². The van der Waals surface area contributed by atoms with E-state index >= 15 is 0 Å². The smallest absolute Gasteiger partial charge is 0.428 e.